The number of likely N-dealkylation sites (tertiary alicyclic amines) is 1. The zero-order valence-electron chi connectivity index (χ0n) is 15.9. The molecule has 1 aliphatic heterocycles. The van der Waals surface area contributed by atoms with Crippen LogP contribution in [0.1, 0.15) is 41.5 Å². The van der Waals surface area contributed by atoms with E-state index in [1.807, 2.05) is 0 Å². The molecule has 0 bridgehead atoms. The van der Waals surface area contributed by atoms with Gasteiger partial charge in [-0.05, 0) is 32.9 Å². The van der Waals surface area contributed by atoms with E-state index in [1.54, 1.807) is 20.8 Å². The lowest BCUT2D eigenvalue weighted by atomic mass is 10.1. The van der Waals surface area contributed by atoms with Gasteiger partial charge in [-0.15, -0.1) is 0 Å². The van der Waals surface area contributed by atoms with Crippen LogP contribution in [0.2, 0.25) is 0 Å². The van der Waals surface area contributed by atoms with Crippen LogP contribution < -0.4 is 10.6 Å². The number of amides is 3. The van der Waals surface area contributed by atoms with Gasteiger partial charge in [0.15, 0.2) is 0 Å². The second-order valence-electron chi connectivity index (χ2n) is 7.57. The Morgan fingerprint density at radius 3 is 1.79 bits per heavy atom. The molecule has 0 aliphatic carbocycles. The van der Waals surface area contributed by atoms with Crippen LogP contribution in [-0.4, -0.2) is 53.6 Å². The van der Waals surface area contributed by atoms with Gasteiger partial charge >= 0.3 is 6.09 Å². The number of nitrogens with one attached hydrogen (secondary N) is 2. The molecule has 1 fully saturated rings. The number of carbonyl (C=O) groups is 3. The summed E-state index contributed by atoms with van der Waals surface area (Å²) in [7, 11) is 0. The number of hydrogen-bond acceptors (Lipinski definition) is 6. The molecule has 150 valence electrons. The molecule has 2 aromatic rings. The molecule has 9 heteroatoms. The summed E-state index contributed by atoms with van der Waals surface area (Å²) < 4.78 is 15.3. The molecule has 2 aromatic heterocycles. The van der Waals surface area contributed by atoms with E-state index in [-0.39, 0.29) is 24.9 Å². The normalized spacial score (nSPS) is 19.3. The van der Waals surface area contributed by atoms with Crippen molar-refractivity contribution in [1.29, 1.82) is 0 Å². The summed E-state index contributed by atoms with van der Waals surface area (Å²) in [5.41, 5.74) is 0.0661. The first kappa shape index (κ1) is 19.5. The van der Waals surface area contributed by atoms with Crippen molar-refractivity contribution in [3.63, 3.8) is 0 Å². The summed E-state index contributed by atoms with van der Waals surface area (Å²) in [6, 6.07) is 2.08. The van der Waals surface area contributed by atoms with E-state index < -0.39 is 23.8 Å². The van der Waals surface area contributed by atoms with Crippen molar-refractivity contribution >= 4 is 17.9 Å². The molecule has 3 heterocycles. The fourth-order valence-electron chi connectivity index (χ4n) is 2.86. The maximum absolute atomic E-state index is 12.4. The van der Waals surface area contributed by atoms with Gasteiger partial charge in [-0.2, -0.15) is 0 Å². The average Bonchev–Trinajstić information content (AvgIpc) is 3.36. The standard InChI is InChI=1S/C19H23N3O6/c1-19(2,3)28-18(25)22-8-14(20-16(23)12-4-6-26-10-12)15(9-22)21-17(24)13-5-7-27-11-13/h4-7,10-11,14-15H,8-9H2,1-3H3,(H,20,23)(H,21,24)/t14-,15+. The zero-order valence-corrected chi connectivity index (χ0v) is 15.9. The largest absolute Gasteiger partial charge is 0.472 e. The first-order valence-electron chi connectivity index (χ1n) is 8.87. The van der Waals surface area contributed by atoms with Gasteiger partial charge in [-0.25, -0.2) is 4.79 Å². The van der Waals surface area contributed by atoms with Crippen molar-refractivity contribution in [2.75, 3.05) is 13.1 Å². The lowest BCUT2D eigenvalue weighted by Crippen LogP contribution is -2.50. The molecule has 3 amide bonds. The fourth-order valence-corrected chi connectivity index (χ4v) is 2.86. The molecule has 28 heavy (non-hydrogen) atoms. The van der Waals surface area contributed by atoms with Crippen LogP contribution in [0.25, 0.3) is 0 Å². The summed E-state index contributed by atoms with van der Waals surface area (Å²) in [5.74, 6) is -0.709. The monoisotopic (exact) mass is 389 g/mol. The highest BCUT2D eigenvalue weighted by atomic mass is 16.6. The first-order valence-corrected chi connectivity index (χ1v) is 8.87. The molecule has 0 saturated carbocycles. The second kappa shape index (κ2) is 7.79. The van der Waals surface area contributed by atoms with Crippen LogP contribution in [0.15, 0.2) is 46.0 Å². The Balaban J connectivity index is 1.72. The number of ether oxygens (including phenoxy) is 1. The van der Waals surface area contributed by atoms with Crippen LogP contribution in [0.5, 0.6) is 0 Å². The Bertz CT molecular complexity index is 766. The van der Waals surface area contributed by atoms with Crippen molar-refractivity contribution in [3.8, 4) is 0 Å². The lowest BCUT2D eigenvalue weighted by Gasteiger charge is -2.24. The van der Waals surface area contributed by atoms with E-state index in [1.165, 1.54) is 42.1 Å². The van der Waals surface area contributed by atoms with Crippen molar-refractivity contribution in [3.05, 3.63) is 48.3 Å². The third-order valence-electron chi connectivity index (χ3n) is 4.17. The Morgan fingerprint density at radius 1 is 0.964 bits per heavy atom. The zero-order chi connectivity index (χ0) is 20.3. The van der Waals surface area contributed by atoms with Gasteiger partial charge in [-0.3, -0.25) is 9.59 Å². The summed E-state index contributed by atoms with van der Waals surface area (Å²) in [6.07, 6.45) is 4.95. The number of hydrogen-bond donors (Lipinski definition) is 2. The molecule has 2 N–H and O–H groups in total. The molecule has 9 nitrogen and oxygen atoms in total. The van der Waals surface area contributed by atoms with E-state index in [0.717, 1.165) is 0 Å². The second-order valence-corrected chi connectivity index (χ2v) is 7.57. The van der Waals surface area contributed by atoms with Crippen LogP contribution in [0, 0.1) is 0 Å². The molecular weight excluding hydrogens is 366 g/mol. The highest BCUT2D eigenvalue weighted by molar-refractivity contribution is 5.95. The Labute approximate surface area is 162 Å². The minimum Gasteiger partial charge on any atom is -0.472 e. The van der Waals surface area contributed by atoms with E-state index in [9.17, 15) is 14.4 Å². The van der Waals surface area contributed by atoms with Crippen LogP contribution in [0.3, 0.4) is 0 Å². The minimum absolute atomic E-state index is 0.203. The van der Waals surface area contributed by atoms with Gasteiger partial charge in [0.25, 0.3) is 11.8 Å². The molecule has 1 aliphatic rings. The van der Waals surface area contributed by atoms with E-state index in [0.29, 0.717) is 11.1 Å². The molecule has 1 saturated heterocycles. The highest BCUT2D eigenvalue weighted by Gasteiger charge is 2.39. The summed E-state index contributed by atoms with van der Waals surface area (Å²) in [6.45, 7) is 5.73. The maximum atomic E-state index is 12.4. The summed E-state index contributed by atoms with van der Waals surface area (Å²) in [4.78, 5) is 38.7. The highest BCUT2D eigenvalue weighted by Crippen LogP contribution is 2.17. The third kappa shape index (κ3) is 4.73. The number of rotatable bonds is 4. The van der Waals surface area contributed by atoms with Crippen molar-refractivity contribution in [2.24, 2.45) is 0 Å². The van der Waals surface area contributed by atoms with E-state index in [4.69, 9.17) is 13.6 Å². The number of furan rings is 2. The van der Waals surface area contributed by atoms with Gasteiger partial charge in [0.2, 0.25) is 0 Å². The third-order valence-corrected chi connectivity index (χ3v) is 4.17. The Morgan fingerprint density at radius 2 is 1.43 bits per heavy atom. The van der Waals surface area contributed by atoms with Crippen molar-refractivity contribution in [2.45, 2.75) is 38.5 Å². The van der Waals surface area contributed by atoms with E-state index in [2.05, 4.69) is 10.6 Å². The first-order chi connectivity index (χ1) is 13.2. The van der Waals surface area contributed by atoms with Crippen LogP contribution in [0.4, 0.5) is 4.79 Å². The van der Waals surface area contributed by atoms with Crippen LogP contribution >= 0.6 is 0 Å². The van der Waals surface area contributed by atoms with Crippen LogP contribution in [-0.2, 0) is 4.74 Å². The Kier molecular flexibility index (Phi) is 5.43. The molecule has 0 unspecified atom stereocenters. The predicted octanol–water partition coefficient (Wildman–Crippen LogP) is 2.02. The molecule has 0 spiro atoms. The maximum Gasteiger partial charge on any atom is 0.410 e. The Hall–Kier alpha value is -3.23. The van der Waals surface area contributed by atoms with Gasteiger partial charge in [0.1, 0.15) is 18.1 Å². The van der Waals surface area contributed by atoms with Gasteiger partial charge in [-0.1, -0.05) is 0 Å². The molecule has 2 atom stereocenters. The topological polar surface area (TPSA) is 114 Å². The quantitative estimate of drug-likeness (QED) is 0.827. The van der Waals surface area contributed by atoms with Gasteiger partial charge in [0, 0.05) is 13.1 Å². The molecular formula is C19H23N3O6. The van der Waals surface area contributed by atoms with E-state index >= 15 is 0 Å². The van der Waals surface area contributed by atoms with Crippen molar-refractivity contribution in [1.82, 2.24) is 15.5 Å². The number of nitrogens with zero attached hydrogens (tertiary/aromatic N) is 1. The van der Waals surface area contributed by atoms with Gasteiger partial charge in [0.05, 0.1) is 35.7 Å². The fraction of sp³-hybridized carbons (Fsp3) is 0.421. The molecule has 3 rings (SSSR count). The molecule has 0 aromatic carbocycles. The number of carbonyl (C=O) groups excluding carboxylic acids is 3. The van der Waals surface area contributed by atoms with Gasteiger partial charge < -0.3 is 29.1 Å². The SMILES string of the molecule is CC(C)(C)OC(=O)N1C[C@H](NC(=O)c2ccoc2)[C@H](NC(=O)c2ccoc2)C1. The molecule has 0 radical (unpaired) electrons. The average molecular weight is 389 g/mol. The predicted molar refractivity (Wildman–Crippen MR) is 97.7 cm³/mol. The van der Waals surface area contributed by atoms with Crippen molar-refractivity contribution < 1.29 is 28.0 Å². The smallest absolute Gasteiger partial charge is 0.410 e. The summed E-state index contributed by atoms with van der Waals surface area (Å²) >= 11 is 0. The lowest BCUT2D eigenvalue weighted by molar-refractivity contribution is 0.0286. The minimum atomic E-state index is -0.648. The summed E-state index contributed by atoms with van der Waals surface area (Å²) in [5, 5.41) is 5.69.